The first-order valence-electron chi connectivity index (χ1n) is 5.02. The first kappa shape index (κ1) is 11.2. The third-order valence-corrected chi connectivity index (χ3v) is 2.57. The fourth-order valence-corrected chi connectivity index (χ4v) is 1.25. The molecule has 0 radical (unpaired) electrons. The molecule has 0 aliphatic heterocycles. The van der Waals surface area contributed by atoms with Crippen molar-refractivity contribution < 1.29 is 9.63 Å². The minimum absolute atomic E-state index is 0.590. The Morgan fingerprint density at radius 1 is 1.50 bits per heavy atom. The fourth-order valence-electron chi connectivity index (χ4n) is 1.25. The van der Waals surface area contributed by atoms with E-state index >= 15 is 0 Å². The molecule has 0 fully saturated rings. The van der Waals surface area contributed by atoms with Crippen LogP contribution in [0, 0.1) is 0 Å². The maximum Gasteiger partial charge on any atom is 0.124 e. The van der Waals surface area contributed by atoms with E-state index in [2.05, 4.69) is 10.5 Å². The molecule has 0 spiro atoms. The normalized spacial score (nSPS) is 11.9. The van der Waals surface area contributed by atoms with Crippen LogP contribution in [0.3, 0.4) is 0 Å². The summed E-state index contributed by atoms with van der Waals surface area (Å²) in [5, 5.41) is 16.9. The third-order valence-electron chi connectivity index (χ3n) is 2.57. The van der Waals surface area contributed by atoms with Gasteiger partial charge in [0.2, 0.25) is 0 Å². The molecule has 0 saturated carbocycles. The van der Waals surface area contributed by atoms with E-state index in [0.29, 0.717) is 13.1 Å². The molecule has 4 nitrogen and oxygen atoms in total. The second-order valence-electron chi connectivity index (χ2n) is 3.53. The Morgan fingerprint density at radius 3 is 2.71 bits per heavy atom. The van der Waals surface area contributed by atoms with Crippen LogP contribution in [-0.2, 0) is 6.54 Å². The number of hydrogen-bond acceptors (Lipinski definition) is 4. The summed E-state index contributed by atoms with van der Waals surface area (Å²) < 4.78 is 4.70. The predicted octanol–water partition coefficient (Wildman–Crippen LogP) is 1.32. The second kappa shape index (κ2) is 5.12. The molecule has 0 atom stereocenters. The fraction of sp³-hybridized carbons (Fsp3) is 0.700. The summed E-state index contributed by atoms with van der Waals surface area (Å²) in [7, 11) is 0. The Balaban J connectivity index is 2.27. The quantitative estimate of drug-likeness (QED) is 0.723. The van der Waals surface area contributed by atoms with Crippen LogP contribution in [-0.4, -0.2) is 22.4 Å². The predicted molar refractivity (Wildman–Crippen MR) is 53.7 cm³/mol. The highest BCUT2D eigenvalue weighted by molar-refractivity contribution is 4.94. The minimum atomic E-state index is -0.594. The van der Waals surface area contributed by atoms with Gasteiger partial charge in [0.15, 0.2) is 0 Å². The van der Waals surface area contributed by atoms with Crippen molar-refractivity contribution >= 4 is 0 Å². The molecule has 0 amide bonds. The molecule has 0 bridgehead atoms. The number of nitrogens with zero attached hydrogens (tertiary/aromatic N) is 1. The van der Waals surface area contributed by atoms with Crippen molar-refractivity contribution in [2.45, 2.75) is 38.8 Å². The minimum Gasteiger partial charge on any atom is -0.389 e. The van der Waals surface area contributed by atoms with E-state index in [1.165, 1.54) is 0 Å². The average molecular weight is 198 g/mol. The number of hydrogen-bond donors (Lipinski definition) is 2. The highest BCUT2D eigenvalue weighted by atomic mass is 16.5. The van der Waals surface area contributed by atoms with E-state index in [9.17, 15) is 5.11 Å². The molecule has 1 heterocycles. The van der Waals surface area contributed by atoms with Crippen LogP contribution < -0.4 is 5.32 Å². The van der Waals surface area contributed by atoms with E-state index in [0.717, 1.165) is 18.5 Å². The topological polar surface area (TPSA) is 58.3 Å². The van der Waals surface area contributed by atoms with Gasteiger partial charge in [-0.15, -0.1) is 0 Å². The molecule has 0 saturated heterocycles. The van der Waals surface area contributed by atoms with Gasteiger partial charge < -0.3 is 14.9 Å². The van der Waals surface area contributed by atoms with Gasteiger partial charge in [-0.25, -0.2) is 0 Å². The Hall–Kier alpha value is -0.870. The van der Waals surface area contributed by atoms with E-state index in [-0.39, 0.29) is 0 Å². The number of nitrogens with one attached hydrogen (secondary N) is 1. The first-order chi connectivity index (χ1) is 6.70. The van der Waals surface area contributed by atoms with Gasteiger partial charge in [-0.1, -0.05) is 19.0 Å². The summed E-state index contributed by atoms with van der Waals surface area (Å²) in [6.45, 7) is 5.20. The molecule has 0 unspecified atom stereocenters. The standard InChI is InChI=1S/C10H18N2O2/c1-3-10(13,4-2)8-11-7-9-5-6-14-12-9/h5-6,11,13H,3-4,7-8H2,1-2H3. The molecular weight excluding hydrogens is 180 g/mol. The van der Waals surface area contributed by atoms with Gasteiger partial charge in [0.1, 0.15) is 6.26 Å². The van der Waals surface area contributed by atoms with Gasteiger partial charge in [0, 0.05) is 19.2 Å². The number of aromatic nitrogens is 1. The molecule has 80 valence electrons. The lowest BCUT2D eigenvalue weighted by Gasteiger charge is -2.25. The summed E-state index contributed by atoms with van der Waals surface area (Å²) in [6, 6.07) is 1.81. The van der Waals surface area contributed by atoms with E-state index in [4.69, 9.17) is 4.52 Å². The van der Waals surface area contributed by atoms with Crippen molar-refractivity contribution in [3.63, 3.8) is 0 Å². The largest absolute Gasteiger partial charge is 0.389 e. The van der Waals surface area contributed by atoms with Gasteiger partial charge in [-0.05, 0) is 12.8 Å². The Morgan fingerprint density at radius 2 is 2.21 bits per heavy atom. The smallest absolute Gasteiger partial charge is 0.124 e. The first-order valence-corrected chi connectivity index (χ1v) is 5.02. The van der Waals surface area contributed by atoms with Crippen molar-refractivity contribution in [2.24, 2.45) is 0 Å². The zero-order valence-corrected chi connectivity index (χ0v) is 8.79. The maximum atomic E-state index is 9.95. The summed E-state index contributed by atoms with van der Waals surface area (Å²) in [6.07, 6.45) is 3.06. The van der Waals surface area contributed by atoms with Crippen LogP contribution >= 0.6 is 0 Å². The SMILES string of the molecule is CCC(O)(CC)CNCc1ccon1. The summed E-state index contributed by atoms with van der Waals surface area (Å²) in [5.41, 5.74) is 0.267. The Kier molecular flexibility index (Phi) is 4.10. The molecule has 1 aromatic rings. The van der Waals surface area contributed by atoms with Crippen LogP contribution in [0.1, 0.15) is 32.4 Å². The zero-order valence-electron chi connectivity index (χ0n) is 8.79. The van der Waals surface area contributed by atoms with Crippen LogP contribution in [0.15, 0.2) is 16.9 Å². The van der Waals surface area contributed by atoms with Crippen molar-refractivity contribution in [1.29, 1.82) is 0 Å². The molecule has 1 aromatic heterocycles. The summed E-state index contributed by atoms with van der Waals surface area (Å²) in [4.78, 5) is 0. The lowest BCUT2D eigenvalue weighted by atomic mass is 9.98. The molecular formula is C10H18N2O2. The van der Waals surface area contributed by atoms with Gasteiger partial charge in [-0.3, -0.25) is 0 Å². The average Bonchev–Trinajstić information content (AvgIpc) is 2.70. The van der Waals surface area contributed by atoms with Gasteiger partial charge >= 0.3 is 0 Å². The van der Waals surface area contributed by atoms with Gasteiger partial charge in [0.25, 0.3) is 0 Å². The van der Waals surface area contributed by atoms with E-state index in [1.54, 1.807) is 6.26 Å². The van der Waals surface area contributed by atoms with Crippen LogP contribution in [0.2, 0.25) is 0 Å². The van der Waals surface area contributed by atoms with Crippen molar-refractivity contribution in [1.82, 2.24) is 10.5 Å². The lowest BCUT2D eigenvalue weighted by Crippen LogP contribution is -2.39. The Bertz CT molecular complexity index is 243. The van der Waals surface area contributed by atoms with Crippen LogP contribution in [0.25, 0.3) is 0 Å². The van der Waals surface area contributed by atoms with Gasteiger partial charge in [-0.2, -0.15) is 0 Å². The molecule has 14 heavy (non-hydrogen) atoms. The van der Waals surface area contributed by atoms with Crippen LogP contribution in [0.4, 0.5) is 0 Å². The van der Waals surface area contributed by atoms with Crippen molar-refractivity contribution in [3.05, 3.63) is 18.0 Å². The molecule has 0 aliphatic carbocycles. The molecule has 0 aromatic carbocycles. The van der Waals surface area contributed by atoms with Gasteiger partial charge in [0.05, 0.1) is 11.3 Å². The summed E-state index contributed by atoms with van der Waals surface area (Å²) in [5.74, 6) is 0. The third kappa shape index (κ3) is 3.12. The van der Waals surface area contributed by atoms with E-state index < -0.39 is 5.60 Å². The highest BCUT2D eigenvalue weighted by Gasteiger charge is 2.21. The zero-order chi connectivity index (χ0) is 10.4. The number of aliphatic hydroxyl groups is 1. The Labute approximate surface area is 84.3 Å². The number of rotatable bonds is 6. The molecule has 0 aliphatic rings. The van der Waals surface area contributed by atoms with Crippen molar-refractivity contribution in [2.75, 3.05) is 6.54 Å². The monoisotopic (exact) mass is 198 g/mol. The lowest BCUT2D eigenvalue weighted by molar-refractivity contribution is 0.0322. The molecule has 1 rings (SSSR count). The van der Waals surface area contributed by atoms with Crippen molar-refractivity contribution in [3.8, 4) is 0 Å². The highest BCUT2D eigenvalue weighted by Crippen LogP contribution is 2.12. The van der Waals surface area contributed by atoms with Crippen LogP contribution in [0.5, 0.6) is 0 Å². The maximum absolute atomic E-state index is 9.95. The molecule has 2 N–H and O–H groups in total. The molecule has 4 heteroatoms. The van der Waals surface area contributed by atoms with E-state index in [1.807, 2.05) is 19.9 Å². The second-order valence-corrected chi connectivity index (χ2v) is 3.53. The summed E-state index contributed by atoms with van der Waals surface area (Å²) >= 11 is 0.